The highest BCUT2D eigenvalue weighted by molar-refractivity contribution is 5.78. The quantitative estimate of drug-likeness (QED) is 0.738. The Balaban J connectivity index is 1.33. The minimum absolute atomic E-state index is 0.237. The summed E-state index contributed by atoms with van der Waals surface area (Å²) in [5.74, 6) is 0.237. The fourth-order valence-electron chi connectivity index (χ4n) is 3.85. The molecule has 0 aromatic heterocycles. The number of carbonyl (C=O) groups is 1. The second-order valence-electron chi connectivity index (χ2n) is 6.89. The van der Waals surface area contributed by atoms with Crippen molar-refractivity contribution in [3.8, 4) is 0 Å². The Hall–Kier alpha value is -0.650. The summed E-state index contributed by atoms with van der Waals surface area (Å²) in [4.78, 5) is 17.0. The zero-order chi connectivity index (χ0) is 14.5. The standard InChI is InChI=1S/C16H30N4O/c21-16(18-14-5-3-1-2-4-6-14)13-19-11-15(12-19)20-9-7-17-8-10-20/h14-15,17H,1-13H2,(H,18,21). The summed E-state index contributed by atoms with van der Waals surface area (Å²) in [5.41, 5.74) is 0. The predicted octanol–water partition coefficient (Wildman–Crippen LogP) is 0.415. The molecule has 2 saturated heterocycles. The number of likely N-dealkylation sites (tertiary alicyclic amines) is 1. The van der Waals surface area contributed by atoms with Gasteiger partial charge in [-0.25, -0.2) is 0 Å². The van der Waals surface area contributed by atoms with E-state index in [1.165, 1.54) is 38.5 Å². The minimum Gasteiger partial charge on any atom is -0.352 e. The normalized spacial score (nSPS) is 27.0. The van der Waals surface area contributed by atoms with E-state index in [2.05, 4.69) is 20.4 Å². The molecular formula is C16H30N4O. The molecule has 1 saturated carbocycles. The Morgan fingerprint density at radius 3 is 2.38 bits per heavy atom. The maximum absolute atomic E-state index is 12.1. The molecule has 0 radical (unpaired) electrons. The molecule has 1 aliphatic carbocycles. The lowest BCUT2D eigenvalue weighted by molar-refractivity contribution is -0.125. The van der Waals surface area contributed by atoms with Crippen LogP contribution in [0.2, 0.25) is 0 Å². The maximum atomic E-state index is 12.1. The van der Waals surface area contributed by atoms with Gasteiger partial charge < -0.3 is 10.6 Å². The van der Waals surface area contributed by atoms with Crippen molar-refractivity contribution in [1.82, 2.24) is 20.4 Å². The van der Waals surface area contributed by atoms with Gasteiger partial charge in [-0.1, -0.05) is 25.7 Å². The molecule has 0 aromatic rings. The first-order valence-corrected chi connectivity index (χ1v) is 8.78. The SMILES string of the molecule is O=C(CN1CC(N2CCNCC2)C1)NC1CCCCCC1. The van der Waals surface area contributed by atoms with Gasteiger partial charge in [0, 0.05) is 51.4 Å². The van der Waals surface area contributed by atoms with E-state index in [1.807, 2.05) is 0 Å². The van der Waals surface area contributed by atoms with Crippen LogP contribution in [0.5, 0.6) is 0 Å². The Morgan fingerprint density at radius 2 is 1.71 bits per heavy atom. The average molecular weight is 294 g/mol. The molecule has 2 aliphatic heterocycles. The largest absolute Gasteiger partial charge is 0.352 e. The highest BCUT2D eigenvalue weighted by Crippen LogP contribution is 2.18. The molecule has 3 rings (SSSR count). The fraction of sp³-hybridized carbons (Fsp3) is 0.938. The highest BCUT2D eigenvalue weighted by atomic mass is 16.2. The van der Waals surface area contributed by atoms with Crippen molar-refractivity contribution in [2.75, 3.05) is 45.8 Å². The third-order valence-electron chi connectivity index (χ3n) is 5.19. The van der Waals surface area contributed by atoms with Crippen LogP contribution >= 0.6 is 0 Å². The molecule has 5 nitrogen and oxygen atoms in total. The number of hydrogen-bond donors (Lipinski definition) is 2. The van der Waals surface area contributed by atoms with Crippen molar-refractivity contribution in [2.45, 2.75) is 50.6 Å². The number of rotatable bonds is 4. The Kier molecular flexibility index (Phi) is 5.49. The maximum Gasteiger partial charge on any atom is 0.234 e. The van der Waals surface area contributed by atoms with Crippen LogP contribution < -0.4 is 10.6 Å². The molecule has 0 aromatic carbocycles. The summed E-state index contributed by atoms with van der Waals surface area (Å²) in [6.07, 6.45) is 7.58. The van der Waals surface area contributed by atoms with Crippen LogP contribution in [0.3, 0.4) is 0 Å². The number of nitrogens with one attached hydrogen (secondary N) is 2. The third-order valence-corrected chi connectivity index (χ3v) is 5.19. The molecular weight excluding hydrogens is 264 g/mol. The van der Waals surface area contributed by atoms with E-state index in [1.54, 1.807) is 0 Å². The van der Waals surface area contributed by atoms with E-state index in [-0.39, 0.29) is 5.91 Å². The summed E-state index contributed by atoms with van der Waals surface area (Å²) in [7, 11) is 0. The third kappa shape index (κ3) is 4.41. The van der Waals surface area contributed by atoms with E-state index in [0.717, 1.165) is 39.3 Å². The van der Waals surface area contributed by atoms with Gasteiger partial charge in [0.15, 0.2) is 0 Å². The molecule has 5 heteroatoms. The summed E-state index contributed by atoms with van der Waals surface area (Å²) >= 11 is 0. The van der Waals surface area contributed by atoms with E-state index < -0.39 is 0 Å². The van der Waals surface area contributed by atoms with Crippen molar-refractivity contribution in [3.63, 3.8) is 0 Å². The first-order chi connectivity index (χ1) is 10.3. The van der Waals surface area contributed by atoms with Crippen LogP contribution in [0, 0.1) is 0 Å². The molecule has 1 amide bonds. The predicted molar refractivity (Wildman–Crippen MR) is 84.3 cm³/mol. The molecule has 0 unspecified atom stereocenters. The van der Waals surface area contributed by atoms with Gasteiger partial charge in [-0.15, -0.1) is 0 Å². The van der Waals surface area contributed by atoms with E-state index >= 15 is 0 Å². The van der Waals surface area contributed by atoms with Gasteiger partial charge >= 0.3 is 0 Å². The first kappa shape index (κ1) is 15.3. The van der Waals surface area contributed by atoms with Gasteiger partial charge in [0.2, 0.25) is 5.91 Å². The van der Waals surface area contributed by atoms with Crippen LogP contribution in [0.4, 0.5) is 0 Å². The number of piperazine rings is 1. The lowest BCUT2D eigenvalue weighted by Crippen LogP contribution is -2.64. The minimum atomic E-state index is 0.237. The zero-order valence-corrected chi connectivity index (χ0v) is 13.1. The van der Waals surface area contributed by atoms with Crippen LogP contribution in [0.15, 0.2) is 0 Å². The molecule has 3 aliphatic rings. The van der Waals surface area contributed by atoms with E-state index in [0.29, 0.717) is 18.6 Å². The van der Waals surface area contributed by atoms with Crippen molar-refractivity contribution < 1.29 is 4.79 Å². The van der Waals surface area contributed by atoms with Gasteiger partial charge in [-0.2, -0.15) is 0 Å². The van der Waals surface area contributed by atoms with E-state index in [9.17, 15) is 4.79 Å². The smallest absolute Gasteiger partial charge is 0.234 e. The van der Waals surface area contributed by atoms with Gasteiger partial charge in [-0.05, 0) is 12.8 Å². The number of carbonyl (C=O) groups excluding carboxylic acids is 1. The Morgan fingerprint density at radius 1 is 1.05 bits per heavy atom. The summed E-state index contributed by atoms with van der Waals surface area (Å²) in [5, 5.41) is 6.64. The van der Waals surface area contributed by atoms with Crippen molar-refractivity contribution in [2.24, 2.45) is 0 Å². The molecule has 120 valence electrons. The monoisotopic (exact) mass is 294 g/mol. The Bertz CT molecular complexity index is 329. The van der Waals surface area contributed by atoms with Crippen LogP contribution in [-0.4, -0.2) is 73.6 Å². The molecule has 21 heavy (non-hydrogen) atoms. The van der Waals surface area contributed by atoms with Gasteiger partial charge in [-0.3, -0.25) is 14.6 Å². The van der Waals surface area contributed by atoms with Gasteiger partial charge in [0.25, 0.3) is 0 Å². The molecule has 0 atom stereocenters. The highest BCUT2D eigenvalue weighted by Gasteiger charge is 2.33. The number of amides is 1. The molecule has 3 fully saturated rings. The fourth-order valence-corrected chi connectivity index (χ4v) is 3.85. The first-order valence-electron chi connectivity index (χ1n) is 8.78. The topological polar surface area (TPSA) is 47.6 Å². The lowest BCUT2D eigenvalue weighted by atomic mass is 10.1. The van der Waals surface area contributed by atoms with Crippen LogP contribution in [-0.2, 0) is 4.79 Å². The average Bonchev–Trinajstić information content (AvgIpc) is 2.72. The molecule has 2 N–H and O–H groups in total. The van der Waals surface area contributed by atoms with E-state index in [4.69, 9.17) is 0 Å². The van der Waals surface area contributed by atoms with Gasteiger partial charge in [0.05, 0.1) is 6.54 Å². The van der Waals surface area contributed by atoms with Crippen molar-refractivity contribution >= 4 is 5.91 Å². The summed E-state index contributed by atoms with van der Waals surface area (Å²) < 4.78 is 0. The second-order valence-corrected chi connectivity index (χ2v) is 6.89. The molecule has 0 spiro atoms. The number of hydrogen-bond acceptors (Lipinski definition) is 4. The molecule has 0 bridgehead atoms. The van der Waals surface area contributed by atoms with Gasteiger partial charge in [0.1, 0.15) is 0 Å². The lowest BCUT2D eigenvalue weighted by Gasteiger charge is -2.46. The van der Waals surface area contributed by atoms with Crippen molar-refractivity contribution in [1.29, 1.82) is 0 Å². The number of nitrogens with zero attached hydrogens (tertiary/aromatic N) is 2. The second kappa shape index (κ2) is 7.56. The van der Waals surface area contributed by atoms with Crippen LogP contribution in [0.25, 0.3) is 0 Å². The summed E-state index contributed by atoms with van der Waals surface area (Å²) in [6, 6.07) is 1.11. The molecule has 2 heterocycles. The zero-order valence-electron chi connectivity index (χ0n) is 13.1. The summed E-state index contributed by atoms with van der Waals surface area (Å²) in [6.45, 7) is 7.27. The Labute approximate surface area is 128 Å². The van der Waals surface area contributed by atoms with Crippen LogP contribution in [0.1, 0.15) is 38.5 Å². The van der Waals surface area contributed by atoms with Crippen molar-refractivity contribution in [3.05, 3.63) is 0 Å².